The number of carbonyl (C=O) groups is 1. The first kappa shape index (κ1) is 27.9. The summed E-state index contributed by atoms with van der Waals surface area (Å²) >= 11 is 11.9. The number of hydrogen-bond donors (Lipinski definition) is 2. The first-order valence-electron chi connectivity index (χ1n) is 11.1. The van der Waals surface area contributed by atoms with E-state index in [0.29, 0.717) is 33.0 Å². The molecule has 0 saturated carbocycles. The van der Waals surface area contributed by atoms with Crippen LogP contribution in [-0.4, -0.2) is 49.2 Å². The highest BCUT2D eigenvalue weighted by molar-refractivity contribution is 6.30. The SMILES string of the molecule is O=C(CCC[C@@H](CO)c1cccc(Cl)c1)Cn1nc(-c2ccc(Cl)cc2)n(C[C@H](O)C(F)(F)F)c1=O. The van der Waals surface area contributed by atoms with Gasteiger partial charge in [0.05, 0.1) is 6.54 Å². The molecule has 12 heteroatoms. The molecule has 7 nitrogen and oxygen atoms in total. The van der Waals surface area contributed by atoms with Crippen LogP contribution in [-0.2, 0) is 17.9 Å². The summed E-state index contributed by atoms with van der Waals surface area (Å²) in [5, 5.41) is 24.2. The lowest BCUT2D eigenvalue weighted by Gasteiger charge is -2.15. The van der Waals surface area contributed by atoms with E-state index in [9.17, 15) is 33.0 Å². The van der Waals surface area contributed by atoms with Gasteiger partial charge in [-0.15, -0.1) is 5.10 Å². The Hall–Kier alpha value is -2.66. The van der Waals surface area contributed by atoms with E-state index in [-0.39, 0.29) is 30.6 Å². The molecule has 36 heavy (non-hydrogen) atoms. The molecule has 0 amide bonds. The highest BCUT2D eigenvalue weighted by Crippen LogP contribution is 2.25. The Labute approximate surface area is 214 Å². The standard InChI is InChI=1S/C24H24Cl2F3N3O4/c25-18-9-7-15(8-10-18)22-30-32(23(36)31(22)13-21(35)24(27,28)29)12-20(34)6-2-4-17(14-33)16-3-1-5-19(26)11-16/h1,3,5,7-11,17,21,33,35H,2,4,6,12-14H2/t17-,21-/m0/s1. The van der Waals surface area contributed by atoms with Gasteiger partial charge in [0.15, 0.2) is 17.7 Å². The lowest BCUT2D eigenvalue weighted by atomic mass is 9.94. The van der Waals surface area contributed by atoms with Crippen molar-refractivity contribution in [3.63, 3.8) is 0 Å². The van der Waals surface area contributed by atoms with Crippen molar-refractivity contribution in [2.24, 2.45) is 0 Å². The van der Waals surface area contributed by atoms with Crippen molar-refractivity contribution in [3.8, 4) is 11.4 Å². The van der Waals surface area contributed by atoms with Crippen molar-refractivity contribution < 1.29 is 28.2 Å². The normalized spacial score (nSPS) is 13.5. The topological polar surface area (TPSA) is 97.3 Å². The molecule has 2 N–H and O–H groups in total. The van der Waals surface area contributed by atoms with Crippen LogP contribution < -0.4 is 5.69 Å². The molecule has 2 atom stereocenters. The minimum Gasteiger partial charge on any atom is -0.396 e. The third-order valence-electron chi connectivity index (χ3n) is 5.63. The van der Waals surface area contributed by atoms with Crippen LogP contribution in [0.5, 0.6) is 0 Å². The van der Waals surface area contributed by atoms with Crippen LogP contribution in [0.1, 0.15) is 30.7 Å². The van der Waals surface area contributed by atoms with Gasteiger partial charge in [0.25, 0.3) is 0 Å². The Morgan fingerprint density at radius 2 is 1.78 bits per heavy atom. The van der Waals surface area contributed by atoms with E-state index < -0.39 is 31.1 Å². The molecule has 0 saturated heterocycles. The Bertz CT molecular complexity index is 1240. The zero-order chi connectivity index (χ0) is 26.5. The summed E-state index contributed by atoms with van der Waals surface area (Å²) in [7, 11) is 0. The van der Waals surface area contributed by atoms with Crippen molar-refractivity contribution in [3.05, 3.63) is 74.6 Å². The van der Waals surface area contributed by atoms with Gasteiger partial charge in [0, 0.05) is 34.6 Å². The van der Waals surface area contributed by atoms with Gasteiger partial charge >= 0.3 is 11.9 Å². The summed E-state index contributed by atoms with van der Waals surface area (Å²) in [4.78, 5) is 25.4. The summed E-state index contributed by atoms with van der Waals surface area (Å²) in [6, 6.07) is 12.9. The van der Waals surface area contributed by atoms with Crippen LogP contribution in [0.25, 0.3) is 11.4 Å². The van der Waals surface area contributed by atoms with E-state index in [0.717, 1.165) is 10.2 Å². The number of carbonyl (C=O) groups excluding carboxylic acids is 1. The van der Waals surface area contributed by atoms with Crippen molar-refractivity contribution >= 4 is 29.0 Å². The monoisotopic (exact) mass is 545 g/mol. The number of halogens is 5. The minimum atomic E-state index is -4.94. The van der Waals surface area contributed by atoms with Crippen LogP contribution in [0, 0.1) is 0 Å². The lowest BCUT2D eigenvalue weighted by molar-refractivity contribution is -0.207. The number of ketones is 1. The van der Waals surface area contributed by atoms with E-state index in [1.54, 1.807) is 18.2 Å². The second-order valence-corrected chi connectivity index (χ2v) is 9.18. The van der Waals surface area contributed by atoms with Crippen molar-refractivity contribution in [2.45, 2.75) is 50.6 Å². The van der Waals surface area contributed by atoms with Crippen molar-refractivity contribution in [1.82, 2.24) is 14.3 Å². The fraction of sp³-hybridized carbons (Fsp3) is 0.375. The summed E-state index contributed by atoms with van der Waals surface area (Å²) in [6.45, 7) is -1.66. The molecule has 1 aromatic heterocycles. The second-order valence-electron chi connectivity index (χ2n) is 8.30. The van der Waals surface area contributed by atoms with Gasteiger partial charge < -0.3 is 10.2 Å². The number of benzene rings is 2. The highest BCUT2D eigenvalue weighted by atomic mass is 35.5. The minimum absolute atomic E-state index is 0.0673. The fourth-order valence-corrected chi connectivity index (χ4v) is 4.04. The number of aliphatic hydroxyl groups is 2. The summed E-state index contributed by atoms with van der Waals surface area (Å²) in [6.07, 6.45) is -6.78. The van der Waals surface area contributed by atoms with E-state index >= 15 is 0 Å². The van der Waals surface area contributed by atoms with Crippen LogP contribution in [0.2, 0.25) is 10.0 Å². The zero-order valence-electron chi connectivity index (χ0n) is 19.0. The first-order valence-corrected chi connectivity index (χ1v) is 11.8. The summed E-state index contributed by atoms with van der Waals surface area (Å²) < 4.78 is 40.4. The Morgan fingerprint density at radius 1 is 1.08 bits per heavy atom. The van der Waals surface area contributed by atoms with Gasteiger partial charge in [0.2, 0.25) is 0 Å². The first-order chi connectivity index (χ1) is 17.0. The number of aromatic nitrogens is 3. The molecule has 0 radical (unpaired) electrons. The van der Waals surface area contributed by atoms with E-state index in [1.807, 2.05) is 6.07 Å². The molecule has 0 spiro atoms. The van der Waals surface area contributed by atoms with Crippen molar-refractivity contribution in [2.75, 3.05) is 6.61 Å². The van der Waals surface area contributed by atoms with E-state index in [2.05, 4.69) is 5.10 Å². The summed E-state index contributed by atoms with van der Waals surface area (Å²) in [5.41, 5.74) is 0.177. The summed E-state index contributed by atoms with van der Waals surface area (Å²) in [5.74, 6) is -0.712. The van der Waals surface area contributed by atoms with Crippen LogP contribution >= 0.6 is 23.2 Å². The molecule has 0 aliphatic heterocycles. The predicted molar refractivity (Wildman–Crippen MR) is 129 cm³/mol. The zero-order valence-corrected chi connectivity index (χ0v) is 20.5. The van der Waals surface area contributed by atoms with E-state index in [1.165, 1.54) is 24.3 Å². The molecule has 194 valence electrons. The highest BCUT2D eigenvalue weighted by Gasteiger charge is 2.39. The smallest absolute Gasteiger partial charge is 0.396 e. The predicted octanol–water partition coefficient (Wildman–Crippen LogP) is 4.46. The number of alkyl halides is 3. The van der Waals surface area contributed by atoms with Gasteiger partial charge in [-0.05, 0) is 54.8 Å². The second kappa shape index (κ2) is 12.1. The van der Waals surface area contributed by atoms with Gasteiger partial charge in [0.1, 0.15) is 6.54 Å². The Morgan fingerprint density at radius 3 is 2.39 bits per heavy atom. The van der Waals surface area contributed by atoms with Gasteiger partial charge in [-0.1, -0.05) is 35.3 Å². The maximum atomic E-state index is 13.0. The molecule has 3 aromatic rings. The third-order valence-corrected chi connectivity index (χ3v) is 6.12. The van der Waals surface area contributed by atoms with Crippen LogP contribution in [0.3, 0.4) is 0 Å². The fourth-order valence-electron chi connectivity index (χ4n) is 3.71. The largest absolute Gasteiger partial charge is 0.416 e. The van der Waals surface area contributed by atoms with Crippen LogP contribution in [0.15, 0.2) is 53.3 Å². The molecule has 2 aromatic carbocycles. The maximum Gasteiger partial charge on any atom is 0.416 e. The average molecular weight is 546 g/mol. The molecule has 3 rings (SSSR count). The number of Topliss-reactive ketones (excluding diaryl/α,β-unsaturated/α-hetero) is 1. The molecule has 0 aliphatic carbocycles. The molecule has 0 bridgehead atoms. The number of nitrogens with zero attached hydrogens (tertiary/aromatic N) is 3. The van der Waals surface area contributed by atoms with Crippen LogP contribution in [0.4, 0.5) is 13.2 Å². The maximum absolute atomic E-state index is 13.0. The molecule has 0 unspecified atom stereocenters. The lowest BCUT2D eigenvalue weighted by Crippen LogP contribution is -2.37. The molecule has 0 aliphatic rings. The number of hydrogen-bond acceptors (Lipinski definition) is 5. The quantitative estimate of drug-likeness (QED) is 0.371. The molecular weight excluding hydrogens is 522 g/mol. The van der Waals surface area contributed by atoms with E-state index in [4.69, 9.17) is 23.2 Å². The van der Waals surface area contributed by atoms with Gasteiger partial charge in [-0.25, -0.2) is 9.48 Å². The molecule has 1 heterocycles. The molecule has 0 fully saturated rings. The average Bonchev–Trinajstić information content (AvgIpc) is 3.11. The third kappa shape index (κ3) is 7.19. The van der Waals surface area contributed by atoms with Gasteiger partial charge in [-0.2, -0.15) is 13.2 Å². The number of aliphatic hydroxyl groups excluding tert-OH is 2. The molecular formula is C24H24Cl2F3N3O4. The Kier molecular flexibility index (Phi) is 9.35. The van der Waals surface area contributed by atoms with Gasteiger partial charge in [-0.3, -0.25) is 9.36 Å². The number of rotatable bonds is 11. The Balaban J connectivity index is 1.74. The van der Waals surface area contributed by atoms with Crippen molar-refractivity contribution in [1.29, 1.82) is 0 Å².